The number of aromatic hydroxyl groups is 1. The topological polar surface area (TPSA) is 126 Å². The molecule has 0 spiro atoms. The number of rotatable bonds is 6. The van der Waals surface area contributed by atoms with Gasteiger partial charge in [0.05, 0.1) is 26.9 Å². The van der Waals surface area contributed by atoms with Gasteiger partial charge >= 0.3 is 0 Å². The average Bonchev–Trinajstić information content (AvgIpc) is 2.61. The summed E-state index contributed by atoms with van der Waals surface area (Å²) < 4.78 is 15.3. The van der Waals surface area contributed by atoms with Crippen LogP contribution in [0.1, 0.15) is 12.0 Å². The quantitative estimate of drug-likeness (QED) is 0.520. The van der Waals surface area contributed by atoms with Crippen LogP contribution >= 0.6 is 0 Å². The summed E-state index contributed by atoms with van der Waals surface area (Å²) in [6, 6.07) is 3.07. The molecule has 1 fully saturated rings. The highest BCUT2D eigenvalue weighted by Crippen LogP contribution is 2.37. The van der Waals surface area contributed by atoms with E-state index < -0.39 is 24.4 Å². The fraction of sp³-hybridized carbons (Fsp3) is 0.471. The number of phenolic OH excluding ortho intramolecular Hbond substituents is 1. The van der Waals surface area contributed by atoms with E-state index in [0.29, 0.717) is 5.56 Å². The first-order valence-corrected chi connectivity index (χ1v) is 7.69. The molecule has 8 heteroatoms. The maximum Gasteiger partial charge on any atom is 0.200 e. The minimum absolute atomic E-state index is 0.139. The first kappa shape index (κ1) is 19.2. The Morgan fingerprint density at radius 3 is 2.36 bits per heavy atom. The van der Waals surface area contributed by atoms with Crippen LogP contribution in [0.2, 0.25) is 0 Å². The molecule has 25 heavy (non-hydrogen) atoms. The summed E-state index contributed by atoms with van der Waals surface area (Å²) in [5, 5.41) is 38.7. The molecule has 138 valence electrons. The molecule has 2 unspecified atom stereocenters. The molecule has 8 nitrogen and oxygen atoms in total. The number of aliphatic hydroxyl groups excluding tert-OH is 3. The van der Waals surface area contributed by atoms with Crippen molar-refractivity contribution in [3.63, 3.8) is 0 Å². The smallest absolute Gasteiger partial charge is 0.200 e. The number of ether oxygens (including phenoxy) is 3. The van der Waals surface area contributed by atoms with Crippen molar-refractivity contribution in [1.82, 2.24) is 0 Å². The Bertz CT molecular complexity index is 617. The van der Waals surface area contributed by atoms with Crippen LogP contribution in [0.5, 0.6) is 17.2 Å². The molecule has 2 rings (SSSR count). The summed E-state index contributed by atoms with van der Waals surface area (Å²) in [4.78, 5) is 12.1. The summed E-state index contributed by atoms with van der Waals surface area (Å²) in [7, 11) is 2.79. The molecule has 0 bridgehead atoms. The number of hydrogen-bond acceptors (Lipinski definition) is 8. The Morgan fingerprint density at radius 1 is 1.20 bits per heavy atom. The summed E-state index contributed by atoms with van der Waals surface area (Å²) in [5.41, 5.74) is 0.570. The molecule has 0 amide bonds. The van der Waals surface area contributed by atoms with Gasteiger partial charge in [0.1, 0.15) is 18.3 Å². The highest BCUT2D eigenvalue weighted by molar-refractivity contribution is 5.94. The van der Waals surface area contributed by atoms with Crippen molar-refractivity contribution in [2.75, 3.05) is 20.8 Å². The number of aliphatic hydroxyl groups is 3. The van der Waals surface area contributed by atoms with Gasteiger partial charge in [-0.15, -0.1) is 0 Å². The minimum Gasteiger partial charge on any atom is -0.502 e. The number of hydrogen-bond donors (Lipinski definition) is 4. The maximum absolute atomic E-state index is 12.1. The van der Waals surface area contributed by atoms with Gasteiger partial charge in [-0.3, -0.25) is 4.79 Å². The lowest BCUT2D eigenvalue weighted by Crippen LogP contribution is -2.53. The van der Waals surface area contributed by atoms with Crippen LogP contribution in [0.25, 0.3) is 6.08 Å². The third-order valence-corrected chi connectivity index (χ3v) is 3.97. The molecule has 4 N–H and O–H groups in total. The fourth-order valence-corrected chi connectivity index (χ4v) is 2.51. The van der Waals surface area contributed by atoms with Gasteiger partial charge in [0.25, 0.3) is 0 Å². The largest absolute Gasteiger partial charge is 0.502 e. The zero-order valence-corrected chi connectivity index (χ0v) is 14.0. The Kier molecular flexibility index (Phi) is 6.38. The van der Waals surface area contributed by atoms with Crippen LogP contribution in [0.3, 0.4) is 0 Å². The van der Waals surface area contributed by atoms with Crippen molar-refractivity contribution in [3.05, 3.63) is 23.8 Å². The van der Waals surface area contributed by atoms with Crippen molar-refractivity contribution in [2.45, 2.75) is 30.8 Å². The number of allylic oxidation sites excluding steroid dienone is 1. The normalized spacial score (nSPS) is 26.6. The molecule has 1 heterocycles. The van der Waals surface area contributed by atoms with Crippen molar-refractivity contribution in [3.8, 4) is 17.2 Å². The van der Waals surface area contributed by atoms with Crippen LogP contribution in [0.15, 0.2) is 18.2 Å². The second kappa shape index (κ2) is 8.30. The van der Waals surface area contributed by atoms with Crippen LogP contribution in [-0.2, 0) is 9.53 Å². The Morgan fingerprint density at radius 2 is 1.80 bits per heavy atom. The predicted molar refractivity (Wildman–Crippen MR) is 87.6 cm³/mol. The van der Waals surface area contributed by atoms with Gasteiger partial charge in [-0.05, 0) is 23.8 Å². The van der Waals surface area contributed by atoms with Gasteiger partial charge in [0.2, 0.25) is 5.75 Å². The Balaban J connectivity index is 2.05. The molecule has 1 saturated heterocycles. The van der Waals surface area contributed by atoms with Crippen molar-refractivity contribution in [1.29, 1.82) is 0 Å². The molecule has 4 atom stereocenters. The molecule has 0 radical (unpaired) electrons. The lowest BCUT2D eigenvalue weighted by molar-refractivity contribution is -0.188. The molecule has 0 aromatic heterocycles. The molecule has 1 aromatic rings. The van der Waals surface area contributed by atoms with E-state index in [2.05, 4.69) is 0 Å². The maximum atomic E-state index is 12.1. The van der Waals surface area contributed by atoms with Crippen LogP contribution in [0, 0.1) is 0 Å². The highest BCUT2D eigenvalue weighted by Gasteiger charge is 2.37. The standard InChI is InChI=1S/C17H22O8/c1-23-12-5-9(6-13(24-2)16(12)21)3-4-10(18)7-14-17(22)15(20)11(19)8-25-14/h3-6,11,14-15,17,19-22H,7-8H2,1-2H3/b4-3+/t11-,14?,15?,17+/m1/s1. The van der Waals surface area contributed by atoms with E-state index in [0.717, 1.165) is 0 Å². The Hall–Kier alpha value is -2.13. The minimum atomic E-state index is -1.35. The van der Waals surface area contributed by atoms with E-state index in [-0.39, 0.29) is 36.1 Å². The third-order valence-electron chi connectivity index (χ3n) is 3.97. The molecule has 1 aliphatic heterocycles. The average molecular weight is 354 g/mol. The molecule has 0 aliphatic carbocycles. The van der Waals surface area contributed by atoms with Gasteiger partial charge in [0.15, 0.2) is 17.3 Å². The third kappa shape index (κ3) is 4.49. The van der Waals surface area contributed by atoms with Crippen molar-refractivity contribution >= 4 is 11.9 Å². The summed E-state index contributed by atoms with van der Waals surface area (Å²) in [6.45, 7) is -0.147. The second-order valence-electron chi connectivity index (χ2n) is 5.70. The fourth-order valence-electron chi connectivity index (χ4n) is 2.51. The number of carbonyl (C=O) groups is 1. The van der Waals surface area contributed by atoms with Gasteiger partial charge in [-0.2, -0.15) is 0 Å². The zero-order valence-electron chi connectivity index (χ0n) is 14.0. The first-order valence-electron chi connectivity index (χ1n) is 7.69. The van der Waals surface area contributed by atoms with E-state index in [9.17, 15) is 25.2 Å². The number of methoxy groups -OCH3 is 2. The first-order chi connectivity index (χ1) is 11.9. The van der Waals surface area contributed by atoms with E-state index in [4.69, 9.17) is 14.2 Å². The molecule has 1 aliphatic rings. The van der Waals surface area contributed by atoms with E-state index in [1.165, 1.54) is 38.5 Å². The summed E-state index contributed by atoms with van der Waals surface area (Å²) >= 11 is 0. The molecule has 1 aromatic carbocycles. The number of phenols is 1. The molecule has 0 saturated carbocycles. The number of ketones is 1. The summed E-state index contributed by atoms with van der Waals surface area (Å²) in [5.74, 6) is -0.0670. The number of benzene rings is 1. The van der Waals surface area contributed by atoms with Gasteiger partial charge in [-0.1, -0.05) is 6.08 Å². The van der Waals surface area contributed by atoms with Crippen LogP contribution < -0.4 is 9.47 Å². The molecular weight excluding hydrogens is 332 g/mol. The van der Waals surface area contributed by atoms with Crippen LogP contribution in [-0.4, -0.2) is 71.5 Å². The van der Waals surface area contributed by atoms with E-state index in [1.54, 1.807) is 0 Å². The van der Waals surface area contributed by atoms with E-state index >= 15 is 0 Å². The van der Waals surface area contributed by atoms with Gasteiger partial charge < -0.3 is 34.6 Å². The van der Waals surface area contributed by atoms with Gasteiger partial charge in [-0.25, -0.2) is 0 Å². The lowest BCUT2D eigenvalue weighted by Gasteiger charge is -2.34. The van der Waals surface area contributed by atoms with Crippen LogP contribution in [0.4, 0.5) is 0 Å². The predicted octanol–water partition coefficient (Wildman–Crippen LogP) is -0.137. The van der Waals surface area contributed by atoms with Gasteiger partial charge in [0, 0.05) is 6.42 Å². The van der Waals surface area contributed by atoms with Crippen molar-refractivity contribution in [2.24, 2.45) is 0 Å². The number of carbonyl (C=O) groups excluding carboxylic acids is 1. The monoisotopic (exact) mass is 354 g/mol. The highest BCUT2D eigenvalue weighted by atomic mass is 16.5. The van der Waals surface area contributed by atoms with Crippen molar-refractivity contribution < 1.29 is 39.4 Å². The molecular formula is C17H22O8. The summed E-state index contributed by atoms with van der Waals surface area (Å²) in [6.07, 6.45) is -2.09. The SMILES string of the molecule is COc1cc(/C=C/C(=O)CC2OC[C@@H](O)C(O)[C@H]2O)cc(OC)c1O. The Labute approximate surface area is 144 Å². The lowest BCUT2D eigenvalue weighted by atomic mass is 9.96. The zero-order chi connectivity index (χ0) is 18.6. The van der Waals surface area contributed by atoms with E-state index in [1.807, 2.05) is 0 Å². The second-order valence-corrected chi connectivity index (χ2v) is 5.70.